The molecule has 0 aliphatic rings. The Morgan fingerprint density at radius 2 is 1.63 bits per heavy atom. The molecule has 0 spiro atoms. The number of hydrogen-bond acceptors (Lipinski definition) is 2. The summed E-state index contributed by atoms with van der Waals surface area (Å²) in [5, 5.41) is 0. The van der Waals surface area contributed by atoms with Crippen molar-refractivity contribution in [3.05, 3.63) is 64.7 Å². The molecule has 2 rings (SSSR count). The van der Waals surface area contributed by atoms with E-state index in [9.17, 15) is 0 Å². The number of hydrogen-bond donors (Lipinski definition) is 1. The predicted octanol–water partition coefficient (Wildman–Crippen LogP) is 3.69. The summed E-state index contributed by atoms with van der Waals surface area (Å²) in [5.74, 6) is 0.874. The van der Waals surface area contributed by atoms with Gasteiger partial charge in [0.1, 0.15) is 11.9 Å². The molecule has 2 heteroatoms. The lowest BCUT2D eigenvalue weighted by atomic mass is 10.1. The molecule has 1 atom stereocenters. The van der Waals surface area contributed by atoms with Crippen LogP contribution in [0.3, 0.4) is 0 Å². The van der Waals surface area contributed by atoms with E-state index in [0.29, 0.717) is 6.54 Å². The van der Waals surface area contributed by atoms with E-state index in [1.807, 2.05) is 6.07 Å². The second-order valence-electron chi connectivity index (χ2n) is 5.00. The molecule has 1 unspecified atom stereocenters. The zero-order chi connectivity index (χ0) is 13.8. The van der Waals surface area contributed by atoms with Gasteiger partial charge in [-0.3, -0.25) is 0 Å². The molecule has 0 radical (unpaired) electrons. The molecule has 0 amide bonds. The minimum Gasteiger partial charge on any atom is -0.484 e. The Hall–Kier alpha value is -1.80. The Labute approximate surface area is 115 Å². The average molecular weight is 255 g/mol. The Morgan fingerprint density at radius 1 is 0.947 bits per heavy atom. The molecule has 0 fully saturated rings. The van der Waals surface area contributed by atoms with Crippen molar-refractivity contribution in [2.75, 3.05) is 6.54 Å². The number of aryl methyl sites for hydroxylation is 3. The normalized spacial score (nSPS) is 12.2. The summed E-state index contributed by atoms with van der Waals surface area (Å²) in [7, 11) is 0. The highest BCUT2D eigenvalue weighted by Gasteiger charge is 2.11. The highest BCUT2D eigenvalue weighted by atomic mass is 16.5. The van der Waals surface area contributed by atoms with Gasteiger partial charge in [-0.25, -0.2) is 0 Å². The van der Waals surface area contributed by atoms with Gasteiger partial charge in [-0.05, 0) is 49.6 Å². The van der Waals surface area contributed by atoms with Crippen molar-refractivity contribution in [3.63, 3.8) is 0 Å². The zero-order valence-electron chi connectivity index (χ0n) is 11.8. The van der Waals surface area contributed by atoms with Crippen LogP contribution in [0.1, 0.15) is 28.4 Å². The first-order valence-electron chi connectivity index (χ1n) is 6.60. The minimum atomic E-state index is -0.0947. The maximum atomic E-state index is 6.00. The van der Waals surface area contributed by atoms with E-state index in [4.69, 9.17) is 10.5 Å². The fourth-order valence-electron chi connectivity index (χ4n) is 1.98. The maximum Gasteiger partial charge on any atom is 0.136 e. The third-order valence-corrected chi connectivity index (χ3v) is 3.42. The lowest BCUT2D eigenvalue weighted by Gasteiger charge is -2.18. The van der Waals surface area contributed by atoms with E-state index < -0.39 is 0 Å². The number of nitrogens with two attached hydrogens (primary N) is 1. The molecule has 0 saturated heterocycles. The summed E-state index contributed by atoms with van der Waals surface area (Å²) in [6.07, 6.45) is -0.0947. The van der Waals surface area contributed by atoms with E-state index >= 15 is 0 Å². The van der Waals surface area contributed by atoms with Gasteiger partial charge in [-0.1, -0.05) is 35.9 Å². The molecule has 0 aromatic heterocycles. The van der Waals surface area contributed by atoms with Gasteiger partial charge < -0.3 is 10.5 Å². The second kappa shape index (κ2) is 5.89. The Morgan fingerprint density at radius 3 is 2.21 bits per heavy atom. The van der Waals surface area contributed by atoms with Gasteiger partial charge >= 0.3 is 0 Å². The lowest BCUT2D eigenvalue weighted by molar-refractivity contribution is 0.214. The molecule has 0 aliphatic heterocycles. The van der Waals surface area contributed by atoms with Gasteiger partial charge in [0.15, 0.2) is 0 Å². The summed E-state index contributed by atoms with van der Waals surface area (Å²) in [5.41, 5.74) is 10.7. The van der Waals surface area contributed by atoms with E-state index in [1.54, 1.807) is 0 Å². The number of ether oxygens (including phenoxy) is 1. The van der Waals surface area contributed by atoms with E-state index in [1.165, 1.54) is 16.7 Å². The van der Waals surface area contributed by atoms with Crippen LogP contribution in [0, 0.1) is 20.8 Å². The second-order valence-corrected chi connectivity index (χ2v) is 5.00. The van der Waals surface area contributed by atoms with Gasteiger partial charge in [-0.2, -0.15) is 0 Å². The number of rotatable bonds is 4. The monoisotopic (exact) mass is 255 g/mol. The minimum absolute atomic E-state index is 0.0947. The Bertz CT molecular complexity index is 546. The van der Waals surface area contributed by atoms with Crippen molar-refractivity contribution in [2.45, 2.75) is 26.9 Å². The van der Waals surface area contributed by atoms with Crippen molar-refractivity contribution >= 4 is 0 Å². The first kappa shape index (κ1) is 13.6. The topological polar surface area (TPSA) is 35.2 Å². The quantitative estimate of drug-likeness (QED) is 0.904. The average Bonchev–Trinajstić information content (AvgIpc) is 2.41. The maximum absolute atomic E-state index is 6.00. The third-order valence-electron chi connectivity index (χ3n) is 3.42. The fourth-order valence-corrected chi connectivity index (χ4v) is 1.98. The van der Waals surface area contributed by atoms with E-state index in [-0.39, 0.29) is 6.10 Å². The number of benzene rings is 2. The van der Waals surface area contributed by atoms with Gasteiger partial charge in [0.25, 0.3) is 0 Å². The smallest absolute Gasteiger partial charge is 0.136 e. The van der Waals surface area contributed by atoms with Crippen molar-refractivity contribution in [3.8, 4) is 5.75 Å². The molecular formula is C17H21NO. The molecule has 100 valence electrons. The Kier molecular flexibility index (Phi) is 4.23. The van der Waals surface area contributed by atoms with Crippen LogP contribution in [-0.4, -0.2) is 6.54 Å². The predicted molar refractivity (Wildman–Crippen MR) is 79.5 cm³/mol. The lowest BCUT2D eigenvalue weighted by Crippen LogP contribution is -2.18. The first-order chi connectivity index (χ1) is 9.10. The summed E-state index contributed by atoms with van der Waals surface area (Å²) >= 11 is 0. The molecule has 2 N–H and O–H groups in total. The molecule has 2 nitrogen and oxygen atoms in total. The highest BCUT2D eigenvalue weighted by Crippen LogP contribution is 2.23. The van der Waals surface area contributed by atoms with E-state index in [2.05, 4.69) is 57.2 Å². The molecular weight excluding hydrogens is 234 g/mol. The molecule has 19 heavy (non-hydrogen) atoms. The molecule has 0 bridgehead atoms. The van der Waals surface area contributed by atoms with Crippen LogP contribution in [0.2, 0.25) is 0 Å². The van der Waals surface area contributed by atoms with Crippen LogP contribution in [0.15, 0.2) is 42.5 Å². The van der Waals surface area contributed by atoms with Crippen molar-refractivity contribution < 1.29 is 4.74 Å². The molecule has 0 heterocycles. The fraction of sp³-hybridized carbons (Fsp3) is 0.294. The van der Waals surface area contributed by atoms with Crippen LogP contribution >= 0.6 is 0 Å². The first-order valence-corrected chi connectivity index (χ1v) is 6.60. The van der Waals surface area contributed by atoms with Gasteiger partial charge in [0, 0.05) is 6.54 Å². The van der Waals surface area contributed by atoms with Gasteiger partial charge in [0.05, 0.1) is 0 Å². The van der Waals surface area contributed by atoms with Crippen LogP contribution in [0.25, 0.3) is 0 Å². The van der Waals surface area contributed by atoms with Crippen LogP contribution in [0.4, 0.5) is 0 Å². The summed E-state index contributed by atoms with van der Waals surface area (Å²) in [6, 6.07) is 14.5. The summed E-state index contributed by atoms with van der Waals surface area (Å²) in [6.45, 7) is 6.73. The molecule has 0 aliphatic carbocycles. The van der Waals surface area contributed by atoms with Gasteiger partial charge in [-0.15, -0.1) is 0 Å². The van der Waals surface area contributed by atoms with Gasteiger partial charge in [0.2, 0.25) is 0 Å². The Balaban J connectivity index is 2.18. The highest BCUT2D eigenvalue weighted by molar-refractivity contribution is 5.34. The van der Waals surface area contributed by atoms with Crippen molar-refractivity contribution in [1.82, 2.24) is 0 Å². The summed E-state index contributed by atoms with van der Waals surface area (Å²) in [4.78, 5) is 0. The van der Waals surface area contributed by atoms with Crippen molar-refractivity contribution in [2.24, 2.45) is 5.73 Å². The summed E-state index contributed by atoms with van der Waals surface area (Å²) < 4.78 is 6.00. The standard InChI is InChI=1S/C17H21NO/c1-12-4-7-15(8-5-12)17(11-18)19-16-9-6-13(2)14(3)10-16/h4-10,17H,11,18H2,1-3H3. The zero-order valence-corrected chi connectivity index (χ0v) is 11.8. The molecule has 0 saturated carbocycles. The molecule has 2 aromatic carbocycles. The SMILES string of the molecule is Cc1ccc(C(CN)Oc2ccc(C)c(C)c2)cc1. The molecule has 2 aromatic rings. The van der Waals surface area contributed by atoms with Crippen LogP contribution in [-0.2, 0) is 0 Å². The largest absolute Gasteiger partial charge is 0.484 e. The third kappa shape index (κ3) is 3.36. The van der Waals surface area contributed by atoms with Crippen molar-refractivity contribution in [1.29, 1.82) is 0 Å². The van der Waals surface area contributed by atoms with Crippen LogP contribution < -0.4 is 10.5 Å². The van der Waals surface area contributed by atoms with Crippen LogP contribution in [0.5, 0.6) is 5.75 Å². The van der Waals surface area contributed by atoms with E-state index in [0.717, 1.165) is 11.3 Å².